The van der Waals surface area contributed by atoms with E-state index < -0.39 is 23.8 Å². The first-order valence-electron chi connectivity index (χ1n) is 14.3. The van der Waals surface area contributed by atoms with Gasteiger partial charge in [0.15, 0.2) is 0 Å². The molecule has 0 amide bonds. The van der Waals surface area contributed by atoms with E-state index in [-0.39, 0.29) is 12.3 Å². The van der Waals surface area contributed by atoms with Crippen LogP contribution in [-0.2, 0) is 17.4 Å². The topological polar surface area (TPSA) is 82.9 Å². The van der Waals surface area contributed by atoms with Gasteiger partial charge in [-0.25, -0.2) is 0 Å². The molecule has 1 saturated heterocycles. The summed E-state index contributed by atoms with van der Waals surface area (Å²) >= 11 is 0. The standard InChI is InChI=1S/C32H39F3N2O4/c1-41-26-11-12-29-28(20-26)27(15-17-36-29)30(38)13-7-23-16-19-37(21-24(23)8-14-31(39)40)18-3-2-4-22-5-9-25(10-6-22)32(33,34)35/h5-6,9-12,15,17,20,23-24,30,38H,2-4,7-8,13-14,16,18-19,21H2,1H3,(H,39,40)/t23?,24?,30-/m0/s1. The zero-order valence-corrected chi connectivity index (χ0v) is 23.4. The number of fused-ring (bicyclic) bond motifs is 1. The number of benzene rings is 2. The molecule has 0 saturated carbocycles. The zero-order valence-electron chi connectivity index (χ0n) is 23.4. The van der Waals surface area contributed by atoms with Crippen LogP contribution in [-0.4, -0.2) is 52.8 Å². The number of carbonyl (C=O) groups is 1. The number of halogens is 3. The number of carboxylic acid groups (broad SMARTS) is 1. The molecule has 2 heterocycles. The number of alkyl halides is 3. The molecular weight excluding hydrogens is 533 g/mol. The Balaban J connectivity index is 1.29. The molecule has 1 aliphatic rings. The second-order valence-corrected chi connectivity index (χ2v) is 11.1. The van der Waals surface area contributed by atoms with Gasteiger partial charge in [-0.15, -0.1) is 0 Å². The third-order valence-electron chi connectivity index (χ3n) is 8.33. The lowest BCUT2D eigenvalue weighted by atomic mass is 9.79. The van der Waals surface area contributed by atoms with Gasteiger partial charge in [-0.2, -0.15) is 13.2 Å². The summed E-state index contributed by atoms with van der Waals surface area (Å²) in [5.41, 5.74) is 1.89. The second-order valence-electron chi connectivity index (χ2n) is 11.1. The number of rotatable bonds is 13. The summed E-state index contributed by atoms with van der Waals surface area (Å²) in [7, 11) is 1.61. The Kier molecular flexibility index (Phi) is 10.6. The Morgan fingerprint density at radius 3 is 2.59 bits per heavy atom. The van der Waals surface area contributed by atoms with Crippen molar-refractivity contribution in [1.82, 2.24) is 9.88 Å². The van der Waals surface area contributed by atoms with Gasteiger partial charge in [0, 0.05) is 24.5 Å². The quantitative estimate of drug-likeness (QED) is 0.217. The van der Waals surface area contributed by atoms with Crippen molar-refractivity contribution in [2.24, 2.45) is 11.8 Å². The number of aliphatic carboxylic acids is 1. The highest BCUT2D eigenvalue weighted by molar-refractivity contribution is 5.83. The molecule has 9 heteroatoms. The van der Waals surface area contributed by atoms with Crippen LogP contribution < -0.4 is 4.74 Å². The summed E-state index contributed by atoms with van der Waals surface area (Å²) in [5, 5.41) is 21.3. The van der Waals surface area contributed by atoms with Crippen LogP contribution in [0.3, 0.4) is 0 Å². The minimum Gasteiger partial charge on any atom is -0.497 e. The number of aromatic nitrogens is 1. The average Bonchev–Trinajstić information content (AvgIpc) is 2.96. The fraction of sp³-hybridized carbons (Fsp3) is 0.500. The second kappa shape index (κ2) is 14.1. The van der Waals surface area contributed by atoms with Gasteiger partial charge in [-0.1, -0.05) is 12.1 Å². The Hall–Kier alpha value is -3.17. The maximum Gasteiger partial charge on any atom is 0.416 e. The Morgan fingerprint density at radius 2 is 1.88 bits per heavy atom. The normalized spacial score (nSPS) is 18.9. The van der Waals surface area contributed by atoms with Crippen LogP contribution in [0, 0.1) is 11.8 Å². The summed E-state index contributed by atoms with van der Waals surface area (Å²) in [6.07, 6.45) is 2.32. The molecule has 222 valence electrons. The number of ether oxygens (including phenoxy) is 1. The van der Waals surface area contributed by atoms with Crippen LogP contribution in [0.15, 0.2) is 54.7 Å². The third-order valence-corrected chi connectivity index (χ3v) is 8.33. The number of unbranched alkanes of at least 4 members (excludes halogenated alkanes) is 1. The Labute approximate surface area is 239 Å². The monoisotopic (exact) mass is 572 g/mol. The number of hydrogen-bond acceptors (Lipinski definition) is 5. The van der Waals surface area contributed by atoms with Crippen molar-refractivity contribution in [3.63, 3.8) is 0 Å². The van der Waals surface area contributed by atoms with E-state index in [1.165, 1.54) is 0 Å². The number of nitrogens with zero attached hydrogens (tertiary/aromatic N) is 2. The van der Waals surface area contributed by atoms with Crippen molar-refractivity contribution >= 4 is 16.9 Å². The van der Waals surface area contributed by atoms with E-state index in [4.69, 9.17) is 4.74 Å². The predicted octanol–water partition coefficient (Wildman–Crippen LogP) is 6.90. The number of aliphatic hydroxyl groups is 1. The van der Waals surface area contributed by atoms with Crippen molar-refractivity contribution in [3.05, 3.63) is 71.4 Å². The largest absolute Gasteiger partial charge is 0.497 e. The van der Waals surface area contributed by atoms with Gasteiger partial charge in [-0.05, 0) is 117 Å². The van der Waals surface area contributed by atoms with Crippen LogP contribution in [0.1, 0.15) is 67.7 Å². The first-order valence-corrected chi connectivity index (χ1v) is 14.3. The van der Waals surface area contributed by atoms with Gasteiger partial charge in [-0.3, -0.25) is 9.78 Å². The van der Waals surface area contributed by atoms with Crippen molar-refractivity contribution in [1.29, 1.82) is 0 Å². The molecule has 3 atom stereocenters. The average molecular weight is 573 g/mol. The first kappa shape index (κ1) is 30.8. The molecule has 3 aromatic rings. The highest BCUT2D eigenvalue weighted by atomic mass is 19.4. The molecular formula is C32H39F3N2O4. The molecule has 0 bridgehead atoms. The smallest absolute Gasteiger partial charge is 0.416 e. The molecule has 6 nitrogen and oxygen atoms in total. The van der Waals surface area contributed by atoms with Crippen LogP contribution in [0.5, 0.6) is 5.75 Å². The van der Waals surface area contributed by atoms with Gasteiger partial charge in [0.25, 0.3) is 0 Å². The maximum atomic E-state index is 12.8. The van der Waals surface area contributed by atoms with E-state index in [9.17, 15) is 28.2 Å². The number of aliphatic hydroxyl groups excluding tert-OH is 1. The molecule has 1 fully saturated rings. The van der Waals surface area contributed by atoms with Crippen molar-refractivity contribution in [2.45, 2.75) is 63.6 Å². The van der Waals surface area contributed by atoms with E-state index in [0.29, 0.717) is 24.5 Å². The van der Waals surface area contributed by atoms with Crippen molar-refractivity contribution in [3.8, 4) is 5.75 Å². The highest BCUT2D eigenvalue weighted by Crippen LogP contribution is 2.35. The number of hydrogen-bond donors (Lipinski definition) is 2. The van der Waals surface area contributed by atoms with Crippen LogP contribution in [0.2, 0.25) is 0 Å². The molecule has 0 spiro atoms. The number of pyridine rings is 1. The summed E-state index contributed by atoms with van der Waals surface area (Å²) in [6, 6.07) is 12.9. The van der Waals surface area contributed by atoms with E-state index in [2.05, 4.69) is 9.88 Å². The molecule has 2 N–H and O–H groups in total. The van der Waals surface area contributed by atoms with Gasteiger partial charge in [0.1, 0.15) is 5.75 Å². The zero-order chi connectivity index (χ0) is 29.4. The van der Waals surface area contributed by atoms with E-state index >= 15 is 0 Å². The summed E-state index contributed by atoms with van der Waals surface area (Å²) in [5.74, 6) is 0.473. The van der Waals surface area contributed by atoms with Crippen LogP contribution >= 0.6 is 0 Å². The number of likely N-dealkylation sites (tertiary alicyclic amines) is 1. The van der Waals surface area contributed by atoms with E-state index in [1.807, 2.05) is 24.3 Å². The number of aryl methyl sites for hydroxylation is 1. The van der Waals surface area contributed by atoms with Crippen LogP contribution in [0.25, 0.3) is 10.9 Å². The third kappa shape index (κ3) is 8.66. The van der Waals surface area contributed by atoms with E-state index in [0.717, 1.165) is 85.9 Å². The van der Waals surface area contributed by atoms with Crippen molar-refractivity contribution < 1.29 is 32.9 Å². The lowest BCUT2D eigenvalue weighted by Gasteiger charge is -2.39. The molecule has 1 aromatic heterocycles. The Morgan fingerprint density at radius 1 is 1.10 bits per heavy atom. The first-order chi connectivity index (χ1) is 19.6. The molecule has 41 heavy (non-hydrogen) atoms. The fourth-order valence-corrected chi connectivity index (χ4v) is 5.99. The van der Waals surface area contributed by atoms with Crippen LogP contribution in [0.4, 0.5) is 13.2 Å². The lowest BCUT2D eigenvalue weighted by molar-refractivity contribution is -0.138. The number of carboxylic acids is 1. The van der Waals surface area contributed by atoms with Gasteiger partial charge >= 0.3 is 12.1 Å². The highest BCUT2D eigenvalue weighted by Gasteiger charge is 2.31. The summed E-state index contributed by atoms with van der Waals surface area (Å²) in [4.78, 5) is 18.1. The molecule has 1 aliphatic heterocycles. The number of methoxy groups -OCH3 is 1. The minimum absolute atomic E-state index is 0.125. The predicted molar refractivity (Wildman–Crippen MR) is 152 cm³/mol. The van der Waals surface area contributed by atoms with Crippen molar-refractivity contribution in [2.75, 3.05) is 26.7 Å². The summed E-state index contributed by atoms with van der Waals surface area (Å²) in [6.45, 7) is 2.62. The van der Waals surface area contributed by atoms with Gasteiger partial charge < -0.3 is 19.8 Å². The SMILES string of the molecule is COc1ccc2nccc([C@@H](O)CCC3CCN(CCCCc4ccc(C(F)(F)F)cc4)CC3CCC(=O)O)c2c1. The minimum atomic E-state index is -4.32. The molecule has 0 radical (unpaired) electrons. The molecule has 2 aromatic carbocycles. The summed E-state index contributed by atoms with van der Waals surface area (Å²) < 4.78 is 43.7. The number of piperidine rings is 1. The molecule has 0 aliphatic carbocycles. The molecule has 2 unspecified atom stereocenters. The van der Waals surface area contributed by atoms with Gasteiger partial charge in [0.2, 0.25) is 0 Å². The maximum absolute atomic E-state index is 12.8. The lowest BCUT2D eigenvalue weighted by Crippen LogP contribution is -2.41. The fourth-order valence-electron chi connectivity index (χ4n) is 5.99. The van der Waals surface area contributed by atoms with Gasteiger partial charge in [0.05, 0.1) is 24.3 Å². The van der Waals surface area contributed by atoms with E-state index in [1.54, 1.807) is 25.4 Å². The Bertz CT molecular complexity index is 1280. The molecule has 4 rings (SSSR count).